The van der Waals surface area contributed by atoms with E-state index in [-0.39, 0.29) is 29.7 Å². The predicted octanol–water partition coefficient (Wildman–Crippen LogP) is 2.11. The van der Waals surface area contributed by atoms with Gasteiger partial charge < -0.3 is 20.5 Å². The predicted molar refractivity (Wildman–Crippen MR) is 97.7 cm³/mol. The molecule has 0 saturated heterocycles. The number of methoxy groups -OCH3 is 1. The Morgan fingerprint density at radius 3 is 2.72 bits per heavy atom. The fourth-order valence-electron chi connectivity index (χ4n) is 2.79. The molecule has 3 rings (SSSR count). The number of nitrogens with zero attached hydrogens (tertiary/aromatic N) is 3. The lowest BCUT2D eigenvalue weighted by Crippen LogP contribution is -2.45. The Labute approximate surface area is 164 Å². The number of anilines is 1. The molecule has 0 saturated carbocycles. The van der Waals surface area contributed by atoms with Crippen molar-refractivity contribution in [1.82, 2.24) is 9.97 Å². The molecule has 2 aromatic rings. The molecule has 0 bridgehead atoms. The van der Waals surface area contributed by atoms with E-state index in [4.69, 9.17) is 15.2 Å². The smallest absolute Gasteiger partial charge is 0.299 e. The van der Waals surface area contributed by atoms with Crippen LogP contribution in [0.5, 0.6) is 5.88 Å². The van der Waals surface area contributed by atoms with E-state index in [1.807, 2.05) is 0 Å². The van der Waals surface area contributed by atoms with Crippen molar-refractivity contribution in [2.45, 2.75) is 18.4 Å². The molecule has 11 heteroatoms. The van der Waals surface area contributed by atoms with Crippen molar-refractivity contribution >= 4 is 17.4 Å². The maximum atomic E-state index is 14.7. The Bertz CT molecular complexity index is 952. The van der Waals surface area contributed by atoms with Crippen LogP contribution in [0.2, 0.25) is 0 Å². The number of alkyl halides is 2. The highest BCUT2D eigenvalue weighted by Crippen LogP contribution is 2.44. The topological polar surface area (TPSA) is 112 Å². The van der Waals surface area contributed by atoms with Gasteiger partial charge in [0.25, 0.3) is 11.8 Å². The van der Waals surface area contributed by atoms with Crippen molar-refractivity contribution in [2.75, 3.05) is 25.6 Å². The summed E-state index contributed by atoms with van der Waals surface area (Å²) in [6.07, 6.45) is 2.43. The SMILES string of the molecule is COc1cnc(C(=O)Nc2ccc(F)c([C@@]3(C)N=C(N)COCC3(F)F)c2)cn1. The number of carbonyl (C=O) groups is 1. The first-order valence-electron chi connectivity index (χ1n) is 8.43. The van der Waals surface area contributed by atoms with E-state index >= 15 is 0 Å². The lowest BCUT2D eigenvalue weighted by Gasteiger charge is -2.33. The second-order valence-electron chi connectivity index (χ2n) is 6.47. The highest BCUT2D eigenvalue weighted by atomic mass is 19.3. The Kier molecular flexibility index (Phi) is 5.42. The third-order valence-corrected chi connectivity index (χ3v) is 4.43. The fourth-order valence-corrected chi connectivity index (χ4v) is 2.79. The maximum Gasteiger partial charge on any atom is 0.299 e. The number of ether oxygens (including phenoxy) is 2. The first-order chi connectivity index (χ1) is 13.7. The minimum absolute atomic E-state index is 0.0432. The zero-order valence-electron chi connectivity index (χ0n) is 15.6. The third kappa shape index (κ3) is 3.99. The molecule has 1 aliphatic rings. The number of halogens is 3. The van der Waals surface area contributed by atoms with Crippen LogP contribution >= 0.6 is 0 Å². The Morgan fingerprint density at radius 2 is 2.07 bits per heavy atom. The molecule has 29 heavy (non-hydrogen) atoms. The standard InChI is InChI=1S/C18H18F3N5O3/c1-17(18(20,21)9-29-8-14(22)26-17)11-5-10(3-4-12(11)19)25-16(27)13-6-24-15(28-2)7-23-13/h3-7H,8-9H2,1-2H3,(H2,22,26)(H,25,27)/t17-/m1/s1. The molecule has 0 unspecified atom stereocenters. The highest BCUT2D eigenvalue weighted by molar-refractivity contribution is 6.02. The third-order valence-electron chi connectivity index (χ3n) is 4.43. The van der Waals surface area contributed by atoms with Gasteiger partial charge in [-0.25, -0.2) is 23.1 Å². The number of aromatic nitrogens is 2. The van der Waals surface area contributed by atoms with Crippen LogP contribution in [0.4, 0.5) is 18.9 Å². The second-order valence-corrected chi connectivity index (χ2v) is 6.47. The van der Waals surface area contributed by atoms with Gasteiger partial charge in [0.05, 0.1) is 19.5 Å². The van der Waals surface area contributed by atoms with Gasteiger partial charge in [0, 0.05) is 11.3 Å². The number of benzene rings is 1. The van der Waals surface area contributed by atoms with Crippen molar-refractivity contribution in [3.8, 4) is 5.88 Å². The molecule has 0 aliphatic carbocycles. The molecular formula is C18H18F3N5O3. The molecule has 8 nitrogen and oxygen atoms in total. The van der Waals surface area contributed by atoms with Gasteiger partial charge in [-0.15, -0.1) is 0 Å². The number of nitrogens with one attached hydrogen (secondary N) is 1. The zero-order chi connectivity index (χ0) is 21.2. The minimum Gasteiger partial charge on any atom is -0.480 e. The van der Waals surface area contributed by atoms with Gasteiger partial charge in [0.15, 0.2) is 5.54 Å². The lowest BCUT2D eigenvalue weighted by atomic mass is 9.85. The molecule has 1 aromatic heterocycles. The van der Waals surface area contributed by atoms with E-state index in [1.165, 1.54) is 25.6 Å². The van der Waals surface area contributed by atoms with Crippen molar-refractivity contribution < 1.29 is 27.4 Å². The van der Waals surface area contributed by atoms with Crippen LogP contribution in [0.1, 0.15) is 23.0 Å². The summed E-state index contributed by atoms with van der Waals surface area (Å²) in [5.74, 6) is -5.10. The maximum absolute atomic E-state index is 14.7. The highest BCUT2D eigenvalue weighted by Gasteiger charge is 2.54. The van der Waals surface area contributed by atoms with Gasteiger partial charge in [-0.05, 0) is 25.1 Å². The summed E-state index contributed by atoms with van der Waals surface area (Å²) >= 11 is 0. The van der Waals surface area contributed by atoms with E-state index in [0.717, 1.165) is 19.1 Å². The average Bonchev–Trinajstić information content (AvgIpc) is 2.78. The molecule has 1 amide bonds. The fraction of sp³-hybridized carbons (Fsp3) is 0.333. The minimum atomic E-state index is -3.54. The van der Waals surface area contributed by atoms with Crippen molar-refractivity contribution in [2.24, 2.45) is 10.7 Å². The number of hydrogen-bond acceptors (Lipinski definition) is 7. The van der Waals surface area contributed by atoms with Crippen LogP contribution in [0.15, 0.2) is 35.6 Å². The van der Waals surface area contributed by atoms with Crippen LogP contribution in [0.3, 0.4) is 0 Å². The van der Waals surface area contributed by atoms with Gasteiger partial charge in [-0.1, -0.05) is 0 Å². The number of hydrogen-bond donors (Lipinski definition) is 2. The van der Waals surface area contributed by atoms with Gasteiger partial charge in [-0.2, -0.15) is 0 Å². The summed E-state index contributed by atoms with van der Waals surface area (Å²) in [6.45, 7) is -0.210. The number of amidine groups is 1. The summed E-state index contributed by atoms with van der Waals surface area (Å²) in [7, 11) is 1.40. The second kappa shape index (κ2) is 7.66. The van der Waals surface area contributed by atoms with E-state index in [1.54, 1.807) is 0 Å². The Balaban J connectivity index is 1.95. The molecule has 3 N–H and O–H groups in total. The molecule has 2 heterocycles. The lowest BCUT2D eigenvalue weighted by molar-refractivity contribution is -0.116. The number of amides is 1. The average molecular weight is 409 g/mol. The first-order valence-corrected chi connectivity index (χ1v) is 8.43. The number of rotatable bonds is 4. The summed E-state index contributed by atoms with van der Waals surface area (Å²) < 4.78 is 53.6. The molecule has 1 atom stereocenters. The van der Waals surface area contributed by atoms with E-state index in [0.29, 0.717) is 0 Å². The number of nitrogens with two attached hydrogens (primary N) is 1. The summed E-state index contributed by atoms with van der Waals surface area (Å²) in [4.78, 5) is 23.9. The normalized spacial score (nSPS) is 21.1. The van der Waals surface area contributed by atoms with Gasteiger partial charge in [-0.3, -0.25) is 9.79 Å². The first kappa shape index (κ1) is 20.5. The van der Waals surface area contributed by atoms with Gasteiger partial charge in [0.1, 0.15) is 30.6 Å². The molecular weight excluding hydrogens is 391 g/mol. The van der Waals surface area contributed by atoms with E-state index < -0.39 is 35.4 Å². The molecule has 0 radical (unpaired) electrons. The van der Waals surface area contributed by atoms with Crippen molar-refractivity contribution in [3.63, 3.8) is 0 Å². The summed E-state index contributed by atoms with van der Waals surface area (Å²) in [5, 5.41) is 2.47. The monoisotopic (exact) mass is 409 g/mol. The molecule has 1 aromatic carbocycles. The van der Waals surface area contributed by atoms with Crippen molar-refractivity contribution in [3.05, 3.63) is 47.7 Å². The molecule has 0 fully saturated rings. The van der Waals surface area contributed by atoms with Gasteiger partial charge >= 0.3 is 0 Å². The quantitative estimate of drug-likeness (QED) is 0.800. The molecule has 1 aliphatic heterocycles. The largest absolute Gasteiger partial charge is 0.480 e. The van der Waals surface area contributed by atoms with Crippen LogP contribution in [-0.4, -0.2) is 48.0 Å². The number of aliphatic imine (C=N–C) groups is 1. The Hall–Kier alpha value is -3.21. The van der Waals surface area contributed by atoms with Gasteiger partial charge in [0.2, 0.25) is 5.88 Å². The molecule has 0 spiro atoms. The Morgan fingerprint density at radius 1 is 1.31 bits per heavy atom. The zero-order valence-corrected chi connectivity index (χ0v) is 15.6. The van der Waals surface area contributed by atoms with Crippen LogP contribution in [0, 0.1) is 5.82 Å². The van der Waals surface area contributed by atoms with Crippen molar-refractivity contribution in [1.29, 1.82) is 0 Å². The van der Waals surface area contributed by atoms with Crippen LogP contribution < -0.4 is 15.8 Å². The summed E-state index contributed by atoms with van der Waals surface area (Å²) in [6, 6.07) is 3.28. The number of carbonyl (C=O) groups excluding carboxylic acids is 1. The molecule has 154 valence electrons. The van der Waals surface area contributed by atoms with Crippen LogP contribution in [0.25, 0.3) is 0 Å². The van der Waals surface area contributed by atoms with Crippen LogP contribution in [-0.2, 0) is 10.3 Å². The van der Waals surface area contributed by atoms with E-state index in [2.05, 4.69) is 20.3 Å². The van der Waals surface area contributed by atoms with E-state index in [9.17, 15) is 18.0 Å². The summed E-state index contributed by atoms with van der Waals surface area (Å²) in [5.41, 5.74) is 2.88.